The normalized spacial score (nSPS) is 10.6. The summed E-state index contributed by atoms with van der Waals surface area (Å²) in [5, 5.41) is 0. The summed E-state index contributed by atoms with van der Waals surface area (Å²) in [7, 11) is 6.72. The Bertz CT molecular complexity index is 1780. The fourth-order valence-corrected chi connectivity index (χ4v) is 6.18. The first-order valence-corrected chi connectivity index (χ1v) is 15.9. The Balaban J connectivity index is 1.29. The SMILES string of the molecule is COc1ccc(N(c2ccc(OC)cc2)c2ccc(Sc3cccc(N(c4ccc(OC)cc4)c4ccc(OC)cc4)c3)cc2)cc1. The molecular weight excluding hydrogens is 605 g/mol. The highest BCUT2D eigenvalue weighted by atomic mass is 32.2. The monoisotopic (exact) mass is 640 g/mol. The third-order valence-electron chi connectivity index (χ3n) is 7.73. The van der Waals surface area contributed by atoms with Crippen molar-refractivity contribution < 1.29 is 18.9 Å². The zero-order valence-electron chi connectivity index (χ0n) is 26.8. The molecule has 0 bridgehead atoms. The fourth-order valence-electron chi connectivity index (χ4n) is 5.31. The molecule has 0 aliphatic rings. The van der Waals surface area contributed by atoms with Crippen molar-refractivity contribution in [1.82, 2.24) is 0 Å². The van der Waals surface area contributed by atoms with Crippen molar-refractivity contribution in [2.75, 3.05) is 38.2 Å². The molecule has 6 aromatic carbocycles. The Kier molecular flexibility index (Phi) is 9.84. The molecule has 0 radical (unpaired) electrons. The molecule has 0 saturated heterocycles. The van der Waals surface area contributed by atoms with Gasteiger partial charge in [0, 0.05) is 43.9 Å². The average molecular weight is 641 g/mol. The summed E-state index contributed by atoms with van der Waals surface area (Å²) < 4.78 is 21.6. The van der Waals surface area contributed by atoms with Crippen LogP contribution in [0.1, 0.15) is 0 Å². The standard InChI is InChI=1S/C40H36N2O4S/c1-43-35-18-8-29(9-19-35)41(30-10-20-36(44-2)21-11-30)33-16-26-39(27-17-33)47-40-7-5-6-34(28-40)42(31-12-22-37(45-3)23-13-31)32-14-24-38(46-4)25-15-32/h5-28H,1-4H3. The van der Waals surface area contributed by atoms with Crippen LogP contribution >= 0.6 is 11.8 Å². The van der Waals surface area contributed by atoms with Crippen LogP contribution in [0.4, 0.5) is 34.1 Å². The van der Waals surface area contributed by atoms with Crippen LogP contribution in [-0.4, -0.2) is 28.4 Å². The lowest BCUT2D eigenvalue weighted by Crippen LogP contribution is -2.10. The first-order valence-electron chi connectivity index (χ1n) is 15.1. The number of nitrogens with zero attached hydrogens (tertiary/aromatic N) is 2. The van der Waals surface area contributed by atoms with Crippen LogP contribution in [0.25, 0.3) is 0 Å². The Labute approximate surface area is 280 Å². The maximum atomic E-state index is 5.42. The maximum Gasteiger partial charge on any atom is 0.119 e. The maximum absolute atomic E-state index is 5.42. The molecule has 0 aliphatic heterocycles. The Hall–Kier alpha value is -5.53. The van der Waals surface area contributed by atoms with Crippen LogP contribution < -0.4 is 28.7 Å². The number of hydrogen-bond donors (Lipinski definition) is 0. The number of benzene rings is 6. The first-order chi connectivity index (χ1) is 23.1. The van der Waals surface area contributed by atoms with E-state index in [4.69, 9.17) is 18.9 Å². The third kappa shape index (κ3) is 7.32. The predicted molar refractivity (Wildman–Crippen MR) is 193 cm³/mol. The van der Waals surface area contributed by atoms with Gasteiger partial charge in [0.2, 0.25) is 0 Å². The molecule has 7 heteroatoms. The largest absolute Gasteiger partial charge is 0.497 e. The average Bonchev–Trinajstić information content (AvgIpc) is 3.14. The number of anilines is 6. The molecule has 0 saturated carbocycles. The molecule has 0 unspecified atom stereocenters. The highest BCUT2D eigenvalue weighted by Gasteiger charge is 2.16. The van der Waals surface area contributed by atoms with Gasteiger partial charge in [-0.25, -0.2) is 0 Å². The number of rotatable bonds is 12. The van der Waals surface area contributed by atoms with Gasteiger partial charge in [-0.2, -0.15) is 0 Å². The minimum Gasteiger partial charge on any atom is -0.497 e. The molecule has 0 fully saturated rings. The van der Waals surface area contributed by atoms with E-state index in [-0.39, 0.29) is 0 Å². The molecule has 47 heavy (non-hydrogen) atoms. The van der Waals surface area contributed by atoms with Crippen molar-refractivity contribution in [3.8, 4) is 23.0 Å². The van der Waals surface area contributed by atoms with Gasteiger partial charge < -0.3 is 28.7 Å². The van der Waals surface area contributed by atoms with E-state index >= 15 is 0 Å². The Morgan fingerprint density at radius 3 is 1.00 bits per heavy atom. The molecule has 6 nitrogen and oxygen atoms in total. The summed E-state index contributed by atoms with van der Waals surface area (Å²) in [4.78, 5) is 6.71. The summed E-state index contributed by atoms with van der Waals surface area (Å²) in [6.45, 7) is 0. The van der Waals surface area contributed by atoms with Crippen molar-refractivity contribution in [3.63, 3.8) is 0 Å². The fraction of sp³-hybridized carbons (Fsp3) is 0.100. The van der Waals surface area contributed by atoms with E-state index in [2.05, 4.69) is 107 Å². The van der Waals surface area contributed by atoms with Gasteiger partial charge in [-0.15, -0.1) is 0 Å². The highest BCUT2D eigenvalue weighted by molar-refractivity contribution is 7.99. The van der Waals surface area contributed by atoms with Gasteiger partial charge in [-0.1, -0.05) is 17.8 Å². The van der Waals surface area contributed by atoms with E-state index in [9.17, 15) is 0 Å². The van der Waals surface area contributed by atoms with Crippen LogP contribution in [0.2, 0.25) is 0 Å². The lowest BCUT2D eigenvalue weighted by molar-refractivity contribution is 0.414. The minimum atomic E-state index is 0.814. The molecular formula is C40H36N2O4S. The number of methoxy groups -OCH3 is 4. The van der Waals surface area contributed by atoms with Crippen LogP contribution in [0.15, 0.2) is 155 Å². The topological polar surface area (TPSA) is 43.4 Å². The van der Waals surface area contributed by atoms with Crippen molar-refractivity contribution in [2.45, 2.75) is 9.79 Å². The van der Waals surface area contributed by atoms with E-state index in [0.717, 1.165) is 66.9 Å². The zero-order valence-corrected chi connectivity index (χ0v) is 27.6. The molecule has 236 valence electrons. The first kappa shape index (κ1) is 31.5. The van der Waals surface area contributed by atoms with E-state index in [1.54, 1.807) is 40.2 Å². The molecule has 0 heterocycles. The van der Waals surface area contributed by atoms with Gasteiger partial charge in [0.15, 0.2) is 0 Å². The summed E-state index contributed by atoms with van der Waals surface area (Å²) in [5.41, 5.74) is 6.21. The van der Waals surface area contributed by atoms with Crippen LogP contribution in [0.3, 0.4) is 0 Å². The highest BCUT2D eigenvalue weighted by Crippen LogP contribution is 2.40. The molecule has 0 atom stereocenters. The smallest absolute Gasteiger partial charge is 0.119 e. The van der Waals surface area contributed by atoms with Crippen LogP contribution in [0, 0.1) is 0 Å². The second kappa shape index (κ2) is 14.7. The molecule has 0 spiro atoms. The van der Waals surface area contributed by atoms with Gasteiger partial charge in [-0.3, -0.25) is 0 Å². The lowest BCUT2D eigenvalue weighted by atomic mass is 10.2. The lowest BCUT2D eigenvalue weighted by Gasteiger charge is -2.26. The van der Waals surface area contributed by atoms with Crippen molar-refractivity contribution >= 4 is 45.9 Å². The van der Waals surface area contributed by atoms with Gasteiger partial charge in [0.1, 0.15) is 23.0 Å². The van der Waals surface area contributed by atoms with Gasteiger partial charge in [0.25, 0.3) is 0 Å². The zero-order chi connectivity index (χ0) is 32.6. The van der Waals surface area contributed by atoms with Crippen molar-refractivity contribution in [3.05, 3.63) is 146 Å². The summed E-state index contributed by atoms with van der Waals surface area (Å²) >= 11 is 1.73. The van der Waals surface area contributed by atoms with Gasteiger partial charge in [0.05, 0.1) is 28.4 Å². The van der Waals surface area contributed by atoms with Gasteiger partial charge >= 0.3 is 0 Å². The van der Waals surface area contributed by atoms with E-state index < -0.39 is 0 Å². The molecule has 0 aliphatic carbocycles. The van der Waals surface area contributed by atoms with E-state index in [1.807, 2.05) is 48.5 Å². The Morgan fingerprint density at radius 2 is 0.660 bits per heavy atom. The second-order valence-electron chi connectivity index (χ2n) is 10.6. The van der Waals surface area contributed by atoms with E-state index in [0.29, 0.717) is 0 Å². The predicted octanol–water partition coefficient (Wildman–Crippen LogP) is 10.8. The quantitative estimate of drug-likeness (QED) is 0.132. The number of hydrogen-bond acceptors (Lipinski definition) is 7. The Morgan fingerprint density at radius 1 is 0.340 bits per heavy atom. The molecule has 0 amide bonds. The molecule has 6 aromatic rings. The van der Waals surface area contributed by atoms with Gasteiger partial charge in [-0.05, 0) is 140 Å². The van der Waals surface area contributed by atoms with E-state index in [1.165, 1.54) is 0 Å². The summed E-state index contributed by atoms with van der Waals surface area (Å²) in [6.07, 6.45) is 0. The summed E-state index contributed by atoms with van der Waals surface area (Å²) in [6, 6.07) is 49.6. The molecule has 0 N–H and O–H groups in total. The molecule has 6 rings (SSSR count). The third-order valence-corrected chi connectivity index (χ3v) is 8.73. The summed E-state index contributed by atoms with van der Waals surface area (Å²) in [5.74, 6) is 3.26. The van der Waals surface area contributed by atoms with Crippen molar-refractivity contribution in [2.24, 2.45) is 0 Å². The van der Waals surface area contributed by atoms with Crippen LogP contribution in [-0.2, 0) is 0 Å². The molecule has 0 aromatic heterocycles. The van der Waals surface area contributed by atoms with Crippen molar-refractivity contribution in [1.29, 1.82) is 0 Å². The number of ether oxygens (including phenoxy) is 4. The second-order valence-corrected chi connectivity index (χ2v) is 11.7. The van der Waals surface area contributed by atoms with Crippen LogP contribution in [0.5, 0.6) is 23.0 Å². The minimum absolute atomic E-state index is 0.814.